The van der Waals surface area contributed by atoms with E-state index >= 15 is 0 Å². The Morgan fingerprint density at radius 1 is 1.40 bits per heavy atom. The first-order valence-corrected chi connectivity index (χ1v) is 7.65. The van der Waals surface area contributed by atoms with Gasteiger partial charge in [-0.05, 0) is 53.3 Å². The summed E-state index contributed by atoms with van der Waals surface area (Å²) in [4.78, 5) is 1.02. The molecule has 9 heteroatoms. The first-order valence-electron chi connectivity index (χ1n) is 5.63. The van der Waals surface area contributed by atoms with Crippen LogP contribution in [0.2, 0.25) is 0 Å². The van der Waals surface area contributed by atoms with Crippen LogP contribution in [0.3, 0.4) is 0 Å². The van der Waals surface area contributed by atoms with Crippen molar-refractivity contribution in [1.29, 1.82) is 0 Å². The molecule has 0 fully saturated rings. The van der Waals surface area contributed by atoms with E-state index in [1.807, 2.05) is 25.1 Å². The number of hydrogen-bond donors (Lipinski definition) is 2. The molecule has 102 valence electrons. The highest BCUT2D eigenvalue weighted by Gasteiger charge is 2.11. The number of rotatable bonds is 3. The Morgan fingerprint density at radius 3 is 2.90 bits per heavy atom. The van der Waals surface area contributed by atoms with Gasteiger partial charge < -0.3 is 0 Å². The molecule has 0 atom stereocenters. The highest BCUT2D eigenvalue weighted by molar-refractivity contribution is 9.11. The molecule has 0 aliphatic carbocycles. The fourth-order valence-corrected chi connectivity index (χ4v) is 3.08. The van der Waals surface area contributed by atoms with Crippen LogP contribution in [-0.2, 0) is 0 Å². The molecule has 3 aromatic heterocycles. The van der Waals surface area contributed by atoms with E-state index in [2.05, 4.69) is 41.4 Å². The molecular weight excluding hydrogens is 360 g/mol. The standard InChI is InChI=1S/C11H9BrN6S2/c1-6-4-8(15-14-6)10-16-17-11(19)18(10)13-5-7-2-3-9(12)20-7/h2-5H,1H3,(H,14,15)(H,17,19)/b13-5+. The van der Waals surface area contributed by atoms with Crippen LogP contribution in [0.25, 0.3) is 11.5 Å². The molecule has 0 radical (unpaired) electrons. The average Bonchev–Trinajstić information content (AvgIpc) is 3.09. The number of nitrogens with one attached hydrogen (secondary N) is 2. The average molecular weight is 369 g/mol. The van der Waals surface area contributed by atoms with Crippen LogP contribution in [0.4, 0.5) is 0 Å². The molecule has 3 aromatic rings. The van der Waals surface area contributed by atoms with Crippen molar-refractivity contribution >= 4 is 45.7 Å². The van der Waals surface area contributed by atoms with Gasteiger partial charge in [0.15, 0.2) is 0 Å². The topological polar surface area (TPSA) is 74.7 Å². The molecule has 0 saturated carbocycles. The predicted molar refractivity (Wildman–Crippen MR) is 84.7 cm³/mol. The van der Waals surface area contributed by atoms with Crippen LogP contribution >= 0.6 is 39.5 Å². The zero-order chi connectivity index (χ0) is 14.1. The van der Waals surface area contributed by atoms with Crippen molar-refractivity contribution in [2.75, 3.05) is 0 Å². The number of thiophene rings is 1. The Bertz CT molecular complexity index is 824. The number of H-pyrrole nitrogens is 2. The Balaban J connectivity index is 1.99. The zero-order valence-electron chi connectivity index (χ0n) is 10.3. The van der Waals surface area contributed by atoms with Gasteiger partial charge in [-0.3, -0.25) is 5.10 Å². The van der Waals surface area contributed by atoms with Crippen molar-refractivity contribution in [2.45, 2.75) is 6.92 Å². The van der Waals surface area contributed by atoms with E-state index in [1.165, 1.54) is 0 Å². The molecule has 0 spiro atoms. The molecule has 2 N–H and O–H groups in total. The monoisotopic (exact) mass is 368 g/mol. The minimum atomic E-state index is 0.424. The third kappa shape index (κ3) is 2.65. The van der Waals surface area contributed by atoms with E-state index in [1.54, 1.807) is 22.2 Å². The Labute approximate surface area is 131 Å². The lowest BCUT2D eigenvalue weighted by Crippen LogP contribution is -1.94. The molecule has 6 nitrogen and oxygen atoms in total. The number of aromatic amines is 2. The van der Waals surface area contributed by atoms with Gasteiger partial charge in [0.05, 0.1) is 10.0 Å². The second kappa shape index (κ2) is 5.43. The van der Waals surface area contributed by atoms with Crippen LogP contribution in [0.5, 0.6) is 0 Å². The molecule has 0 saturated heterocycles. The molecule has 0 aromatic carbocycles. The van der Waals surface area contributed by atoms with Gasteiger partial charge in [-0.25, -0.2) is 5.10 Å². The van der Waals surface area contributed by atoms with E-state index in [0.29, 0.717) is 16.3 Å². The lowest BCUT2D eigenvalue weighted by atomic mass is 10.3. The largest absolute Gasteiger partial charge is 0.282 e. The minimum absolute atomic E-state index is 0.424. The fraction of sp³-hybridized carbons (Fsp3) is 0.0909. The van der Waals surface area contributed by atoms with E-state index in [4.69, 9.17) is 12.2 Å². The smallest absolute Gasteiger partial charge is 0.216 e. The molecule has 20 heavy (non-hydrogen) atoms. The summed E-state index contributed by atoms with van der Waals surface area (Å²) in [5.74, 6) is 0.575. The first-order chi connectivity index (χ1) is 9.63. The van der Waals surface area contributed by atoms with Crippen LogP contribution in [0.15, 0.2) is 27.1 Å². The van der Waals surface area contributed by atoms with Gasteiger partial charge in [-0.15, -0.1) is 11.3 Å². The number of hydrogen-bond acceptors (Lipinski definition) is 5. The van der Waals surface area contributed by atoms with Crippen LogP contribution < -0.4 is 0 Å². The van der Waals surface area contributed by atoms with Gasteiger partial charge >= 0.3 is 0 Å². The lowest BCUT2D eigenvalue weighted by Gasteiger charge is -1.95. The third-order valence-corrected chi connectivity index (χ3v) is 4.30. The summed E-state index contributed by atoms with van der Waals surface area (Å²) in [7, 11) is 0. The lowest BCUT2D eigenvalue weighted by molar-refractivity contribution is 0.865. The maximum absolute atomic E-state index is 5.19. The van der Waals surface area contributed by atoms with Crippen molar-refractivity contribution in [1.82, 2.24) is 25.1 Å². The van der Waals surface area contributed by atoms with Gasteiger partial charge in [-0.2, -0.15) is 20.0 Å². The molecule has 0 bridgehead atoms. The first kappa shape index (κ1) is 13.4. The number of aromatic nitrogens is 5. The summed E-state index contributed by atoms with van der Waals surface area (Å²) in [6, 6.07) is 5.83. The van der Waals surface area contributed by atoms with Gasteiger partial charge in [0.2, 0.25) is 10.6 Å². The fourth-order valence-electron chi connectivity index (χ4n) is 1.61. The third-order valence-electron chi connectivity index (χ3n) is 2.48. The van der Waals surface area contributed by atoms with E-state index in [-0.39, 0.29) is 0 Å². The molecule has 0 unspecified atom stereocenters. The molecule has 0 aliphatic rings. The number of nitrogens with zero attached hydrogens (tertiary/aromatic N) is 4. The van der Waals surface area contributed by atoms with Gasteiger partial charge in [-0.1, -0.05) is 0 Å². The molecule has 3 rings (SSSR count). The van der Waals surface area contributed by atoms with Crippen LogP contribution in [0.1, 0.15) is 10.6 Å². The quantitative estimate of drug-likeness (QED) is 0.549. The molecular formula is C11H9BrN6S2. The van der Waals surface area contributed by atoms with Crippen molar-refractivity contribution < 1.29 is 0 Å². The van der Waals surface area contributed by atoms with E-state index in [9.17, 15) is 0 Å². The molecule has 0 aliphatic heterocycles. The maximum Gasteiger partial charge on any atom is 0.216 e. The number of aryl methyl sites for hydroxylation is 1. The van der Waals surface area contributed by atoms with E-state index < -0.39 is 0 Å². The maximum atomic E-state index is 5.19. The van der Waals surface area contributed by atoms with Gasteiger partial charge in [0.25, 0.3) is 0 Å². The second-order valence-electron chi connectivity index (χ2n) is 3.99. The van der Waals surface area contributed by atoms with Crippen molar-refractivity contribution in [3.63, 3.8) is 0 Å². The number of halogens is 1. The summed E-state index contributed by atoms with van der Waals surface area (Å²) >= 11 is 10.2. The SMILES string of the molecule is Cc1cc(-c2n[nH]c(=S)n2/N=C/c2ccc(Br)s2)n[nH]1. The minimum Gasteiger partial charge on any atom is -0.282 e. The summed E-state index contributed by atoms with van der Waals surface area (Å²) in [5.41, 5.74) is 1.64. The van der Waals surface area contributed by atoms with Gasteiger partial charge in [0.1, 0.15) is 5.69 Å². The Hall–Kier alpha value is -1.58. The highest BCUT2D eigenvalue weighted by Crippen LogP contribution is 2.21. The van der Waals surface area contributed by atoms with Crippen molar-refractivity contribution in [3.05, 3.63) is 37.3 Å². The normalized spacial score (nSPS) is 11.5. The molecule has 3 heterocycles. The summed E-state index contributed by atoms with van der Waals surface area (Å²) in [6.45, 7) is 1.93. The van der Waals surface area contributed by atoms with Crippen molar-refractivity contribution in [2.24, 2.45) is 5.10 Å². The summed E-state index contributed by atoms with van der Waals surface area (Å²) in [5, 5.41) is 18.3. The van der Waals surface area contributed by atoms with Crippen LogP contribution in [0, 0.1) is 11.7 Å². The Morgan fingerprint density at radius 2 is 2.25 bits per heavy atom. The summed E-state index contributed by atoms with van der Waals surface area (Å²) in [6.07, 6.45) is 1.74. The van der Waals surface area contributed by atoms with Crippen LogP contribution in [-0.4, -0.2) is 31.3 Å². The van der Waals surface area contributed by atoms with Crippen molar-refractivity contribution in [3.8, 4) is 11.5 Å². The molecule has 0 amide bonds. The second-order valence-corrected chi connectivity index (χ2v) is 6.87. The summed E-state index contributed by atoms with van der Waals surface area (Å²) < 4.78 is 3.03. The zero-order valence-corrected chi connectivity index (χ0v) is 13.5. The highest BCUT2D eigenvalue weighted by atomic mass is 79.9. The predicted octanol–water partition coefficient (Wildman–Crippen LogP) is 3.35. The van der Waals surface area contributed by atoms with E-state index in [0.717, 1.165) is 14.4 Å². The van der Waals surface area contributed by atoms with Gasteiger partial charge in [0, 0.05) is 10.6 Å². The Kier molecular flexibility index (Phi) is 3.64.